The molecule has 2 rings (SSSR count). The highest BCUT2D eigenvalue weighted by Gasteiger charge is 2.19. The Kier molecular flexibility index (Phi) is 3.69. The van der Waals surface area contributed by atoms with Crippen molar-refractivity contribution in [1.82, 2.24) is 4.57 Å². The molecule has 1 aromatic heterocycles. The van der Waals surface area contributed by atoms with Crippen LogP contribution >= 0.6 is 15.9 Å². The largest absolute Gasteiger partial charge is 0.443 e. The quantitative estimate of drug-likeness (QED) is 0.870. The molecule has 1 N–H and O–H groups in total. The molecule has 5 heteroatoms. The van der Waals surface area contributed by atoms with Gasteiger partial charge in [0.05, 0.1) is 12.1 Å². The molecule has 0 atom stereocenters. The van der Waals surface area contributed by atoms with Crippen molar-refractivity contribution in [3.63, 3.8) is 0 Å². The van der Waals surface area contributed by atoms with Gasteiger partial charge in [0.2, 0.25) is 0 Å². The monoisotopic (exact) mass is 325 g/mol. The van der Waals surface area contributed by atoms with Crippen LogP contribution in [0.5, 0.6) is 0 Å². The van der Waals surface area contributed by atoms with Crippen molar-refractivity contribution in [2.75, 3.05) is 0 Å². The van der Waals surface area contributed by atoms with Crippen LogP contribution in [0, 0.1) is 0 Å². The van der Waals surface area contributed by atoms with Crippen LogP contribution in [0.4, 0.5) is 4.79 Å². The number of carbonyl (C=O) groups excluding carboxylic acids is 1. The molecule has 0 aliphatic rings. The van der Waals surface area contributed by atoms with Crippen molar-refractivity contribution in [3.05, 3.63) is 34.4 Å². The lowest BCUT2D eigenvalue weighted by Crippen LogP contribution is -2.26. The molecule has 0 aliphatic heterocycles. The van der Waals surface area contributed by atoms with E-state index in [0.29, 0.717) is 5.52 Å². The second-order valence-corrected chi connectivity index (χ2v) is 6.24. The van der Waals surface area contributed by atoms with Crippen LogP contribution in [-0.4, -0.2) is 21.4 Å². The van der Waals surface area contributed by atoms with Crippen LogP contribution in [-0.2, 0) is 11.3 Å². The first-order valence-electron chi connectivity index (χ1n) is 5.95. The molecule has 2 aromatic rings. The number of benzene rings is 1. The summed E-state index contributed by atoms with van der Waals surface area (Å²) >= 11 is 3.38. The Labute approximate surface area is 120 Å². The number of aliphatic hydroxyl groups is 1. The summed E-state index contributed by atoms with van der Waals surface area (Å²) in [5, 5.41) is 10.2. The zero-order valence-electron chi connectivity index (χ0n) is 11.1. The Bertz CT molecular complexity index is 625. The van der Waals surface area contributed by atoms with Gasteiger partial charge in [-0.2, -0.15) is 0 Å². The van der Waals surface area contributed by atoms with Gasteiger partial charge in [-0.1, -0.05) is 15.9 Å². The molecular formula is C14H16BrNO3. The minimum Gasteiger partial charge on any atom is -0.443 e. The predicted octanol–water partition coefficient (Wildman–Crippen LogP) is 3.68. The SMILES string of the molecule is CC(C)(C)OC(=O)n1ccc2c(CO)cc(Br)cc21. The summed E-state index contributed by atoms with van der Waals surface area (Å²) in [6, 6.07) is 5.47. The van der Waals surface area contributed by atoms with Gasteiger partial charge in [0.15, 0.2) is 0 Å². The minimum absolute atomic E-state index is 0.0751. The van der Waals surface area contributed by atoms with Gasteiger partial charge in [-0.25, -0.2) is 4.79 Å². The Morgan fingerprint density at radius 2 is 2.11 bits per heavy atom. The third-order valence-electron chi connectivity index (χ3n) is 2.62. The molecule has 0 aliphatic carbocycles. The number of halogens is 1. The van der Waals surface area contributed by atoms with E-state index in [1.807, 2.05) is 32.9 Å². The average molecular weight is 326 g/mol. The zero-order valence-corrected chi connectivity index (χ0v) is 12.7. The first-order chi connectivity index (χ1) is 8.81. The molecule has 0 bridgehead atoms. The fraction of sp³-hybridized carbons (Fsp3) is 0.357. The van der Waals surface area contributed by atoms with E-state index in [-0.39, 0.29) is 6.61 Å². The number of carbonyl (C=O) groups is 1. The number of aromatic nitrogens is 1. The fourth-order valence-electron chi connectivity index (χ4n) is 1.88. The maximum Gasteiger partial charge on any atom is 0.418 e. The maximum absolute atomic E-state index is 12.1. The van der Waals surface area contributed by atoms with Gasteiger partial charge in [-0.15, -0.1) is 0 Å². The lowest BCUT2D eigenvalue weighted by atomic mass is 10.1. The number of rotatable bonds is 1. The Balaban J connectivity index is 2.51. The maximum atomic E-state index is 12.1. The highest BCUT2D eigenvalue weighted by molar-refractivity contribution is 9.10. The lowest BCUT2D eigenvalue weighted by molar-refractivity contribution is 0.0544. The van der Waals surface area contributed by atoms with E-state index in [1.165, 1.54) is 4.57 Å². The molecule has 1 heterocycles. The van der Waals surface area contributed by atoms with Crippen molar-refractivity contribution in [2.24, 2.45) is 0 Å². The van der Waals surface area contributed by atoms with Gasteiger partial charge in [0, 0.05) is 16.1 Å². The molecule has 1 aromatic carbocycles. The van der Waals surface area contributed by atoms with E-state index in [1.54, 1.807) is 12.3 Å². The Morgan fingerprint density at radius 1 is 1.42 bits per heavy atom. The zero-order chi connectivity index (χ0) is 14.2. The smallest absolute Gasteiger partial charge is 0.418 e. The second-order valence-electron chi connectivity index (χ2n) is 5.32. The van der Waals surface area contributed by atoms with E-state index in [2.05, 4.69) is 15.9 Å². The first-order valence-corrected chi connectivity index (χ1v) is 6.75. The topological polar surface area (TPSA) is 51.5 Å². The number of hydrogen-bond donors (Lipinski definition) is 1. The number of ether oxygens (including phenoxy) is 1. The summed E-state index contributed by atoms with van der Waals surface area (Å²) in [6.45, 7) is 5.40. The van der Waals surface area contributed by atoms with Crippen LogP contribution in [0.15, 0.2) is 28.9 Å². The van der Waals surface area contributed by atoms with Gasteiger partial charge < -0.3 is 9.84 Å². The molecular weight excluding hydrogens is 310 g/mol. The summed E-state index contributed by atoms with van der Waals surface area (Å²) in [5.41, 5.74) is 0.943. The van der Waals surface area contributed by atoms with E-state index in [9.17, 15) is 9.90 Å². The van der Waals surface area contributed by atoms with Crippen molar-refractivity contribution in [1.29, 1.82) is 0 Å². The highest BCUT2D eigenvalue weighted by atomic mass is 79.9. The van der Waals surface area contributed by atoms with Crippen molar-refractivity contribution in [3.8, 4) is 0 Å². The van der Waals surface area contributed by atoms with Crippen molar-refractivity contribution >= 4 is 32.9 Å². The van der Waals surface area contributed by atoms with Crippen molar-refractivity contribution in [2.45, 2.75) is 33.0 Å². The second kappa shape index (κ2) is 4.98. The molecule has 0 radical (unpaired) electrons. The number of nitrogens with zero attached hydrogens (tertiary/aromatic N) is 1. The van der Waals surface area contributed by atoms with Crippen molar-refractivity contribution < 1.29 is 14.6 Å². The summed E-state index contributed by atoms with van der Waals surface area (Å²) < 4.78 is 7.61. The average Bonchev–Trinajstić information content (AvgIpc) is 2.69. The Hall–Kier alpha value is -1.33. The third kappa shape index (κ3) is 2.98. The lowest BCUT2D eigenvalue weighted by Gasteiger charge is -2.19. The third-order valence-corrected chi connectivity index (χ3v) is 3.08. The van der Waals surface area contributed by atoms with Gasteiger partial charge in [0.1, 0.15) is 5.60 Å². The standard InChI is InChI=1S/C14H16BrNO3/c1-14(2,3)19-13(18)16-5-4-11-9(8-17)6-10(15)7-12(11)16/h4-7,17H,8H2,1-3H3. The Morgan fingerprint density at radius 3 is 2.68 bits per heavy atom. The predicted molar refractivity (Wildman–Crippen MR) is 77.2 cm³/mol. The van der Waals surface area contributed by atoms with E-state index in [4.69, 9.17) is 4.74 Å². The summed E-state index contributed by atoms with van der Waals surface area (Å²) in [7, 11) is 0. The first kappa shape index (κ1) is 14.1. The van der Waals surface area contributed by atoms with Gasteiger partial charge in [0.25, 0.3) is 0 Å². The van der Waals surface area contributed by atoms with Crippen LogP contribution in [0.3, 0.4) is 0 Å². The van der Waals surface area contributed by atoms with Gasteiger partial charge in [-0.05, 0) is 44.5 Å². The molecule has 0 fully saturated rings. The number of hydrogen-bond acceptors (Lipinski definition) is 3. The summed E-state index contributed by atoms with van der Waals surface area (Å²) in [6.07, 6.45) is 1.23. The fourth-order valence-corrected chi connectivity index (χ4v) is 2.37. The molecule has 19 heavy (non-hydrogen) atoms. The van der Waals surface area contributed by atoms with Crippen LogP contribution < -0.4 is 0 Å². The van der Waals surface area contributed by atoms with E-state index >= 15 is 0 Å². The van der Waals surface area contributed by atoms with Crippen LogP contribution in [0.2, 0.25) is 0 Å². The molecule has 4 nitrogen and oxygen atoms in total. The van der Waals surface area contributed by atoms with Crippen LogP contribution in [0.25, 0.3) is 10.9 Å². The molecule has 102 valence electrons. The molecule has 0 unspecified atom stereocenters. The van der Waals surface area contributed by atoms with E-state index < -0.39 is 11.7 Å². The minimum atomic E-state index is -0.542. The number of aliphatic hydroxyl groups excluding tert-OH is 1. The molecule has 0 amide bonds. The molecule has 0 saturated heterocycles. The van der Waals surface area contributed by atoms with E-state index in [0.717, 1.165) is 15.4 Å². The van der Waals surface area contributed by atoms with Gasteiger partial charge in [-0.3, -0.25) is 4.57 Å². The van der Waals surface area contributed by atoms with Gasteiger partial charge >= 0.3 is 6.09 Å². The summed E-state index contributed by atoms with van der Waals surface area (Å²) in [5.74, 6) is 0. The number of fused-ring (bicyclic) bond motifs is 1. The molecule has 0 spiro atoms. The summed E-state index contributed by atoms with van der Waals surface area (Å²) in [4.78, 5) is 12.1. The highest BCUT2D eigenvalue weighted by Crippen LogP contribution is 2.26. The molecule has 0 saturated carbocycles. The normalized spacial score (nSPS) is 11.8. The van der Waals surface area contributed by atoms with Crippen LogP contribution in [0.1, 0.15) is 26.3 Å².